The third-order valence-electron chi connectivity index (χ3n) is 3.36. The Morgan fingerprint density at radius 2 is 2.00 bits per heavy atom. The van der Waals surface area contributed by atoms with Crippen LogP contribution in [-0.2, 0) is 11.3 Å². The minimum absolute atomic E-state index is 0.662. The normalized spacial score (nSPS) is 12.5. The Bertz CT molecular complexity index is 496. The molecule has 0 amide bonds. The lowest BCUT2D eigenvalue weighted by Gasteiger charge is -2.13. The van der Waals surface area contributed by atoms with Crippen molar-refractivity contribution in [1.82, 2.24) is 9.55 Å². The van der Waals surface area contributed by atoms with Gasteiger partial charge in [-0.3, -0.25) is 0 Å². The highest BCUT2D eigenvalue weighted by Crippen LogP contribution is 2.20. The summed E-state index contributed by atoms with van der Waals surface area (Å²) in [5.74, 6) is 0.711. The predicted octanol–water partition coefficient (Wildman–Crippen LogP) is 2.78. The number of hydrogen-bond acceptors (Lipinski definition) is 3. The van der Waals surface area contributed by atoms with Crippen LogP contribution in [0.5, 0.6) is 0 Å². The van der Waals surface area contributed by atoms with E-state index in [2.05, 4.69) is 4.98 Å². The van der Waals surface area contributed by atoms with Gasteiger partial charge in [0.15, 0.2) is 0 Å². The lowest BCUT2D eigenvalue weighted by Crippen LogP contribution is -2.10. The molecule has 0 radical (unpaired) electrons. The molecule has 108 valence electrons. The van der Waals surface area contributed by atoms with Gasteiger partial charge in [-0.15, -0.1) is 0 Å². The number of nitrogens with zero attached hydrogens (tertiary/aromatic N) is 2. The van der Waals surface area contributed by atoms with Gasteiger partial charge >= 0.3 is 0 Å². The van der Waals surface area contributed by atoms with E-state index in [1.165, 1.54) is 0 Å². The Kier molecular flexibility index (Phi) is 5.77. The van der Waals surface area contributed by atoms with Crippen LogP contribution in [0, 0.1) is 0 Å². The number of unbranched alkanes of at least 4 members (excludes halogenated alkanes) is 2. The minimum Gasteiger partial charge on any atom is -0.385 e. The van der Waals surface area contributed by atoms with Gasteiger partial charge in [0.1, 0.15) is 11.9 Å². The third-order valence-corrected chi connectivity index (χ3v) is 3.36. The van der Waals surface area contributed by atoms with Gasteiger partial charge in [0.25, 0.3) is 0 Å². The quantitative estimate of drug-likeness (QED) is 0.753. The molecule has 1 aromatic heterocycles. The number of hydrogen-bond donors (Lipinski definition) is 1. The summed E-state index contributed by atoms with van der Waals surface area (Å²) in [6, 6.07) is 9.64. The van der Waals surface area contributed by atoms with Gasteiger partial charge in [-0.05, 0) is 24.8 Å². The molecule has 0 saturated heterocycles. The van der Waals surface area contributed by atoms with Crippen LogP contribution >= 0.6 is 0 Å². The van der Waals surface area contributed by atoms with Crippen molar-refractivity contribution in [3.8, 4) is 0 Å². The molecule has 1 aromatic carbocycles. The summed E-state index contributed by atoms with van der Waals surface area (Å²) in [6.45, 7) is 1.69. The van der Waals surface area contributed by atoms with Crippen LogP contribution in [0.1, 0.15) is 36.8 Å². The first-order chi connectivity index (χ1) is 9.83. The molecule has 0 fully saturated rings. The molecule has 1 N–H and O–H groups in total. The maximum Gasteiger partial charge on any atom is 0.142 e. The molecule has 0 aliphatic rings. The molecule has 1 atom stereocenters. The van der Waals surface area contributed by atoms with Crippen LogP contribution in [0.2, 0.25) is 0 Å². The predicted molar refractivity (Wildman–Crippen MR) is 78.5 cm³/mol. The summed E-state index contributed by atoms with van der Waals surface area (Å²) in [6.07, 6.45) is 6.27. The lowest BCUT2D eigenvalue weighted by atomic mass is 10.1. The topological polar surface area (TPSA) is 47.3 Å². The summed E-state index contributed by atoms with van der Waals surface area (Å²) < 4.78 is 7.07. The van der Waals surface area contributed by atoms with Crippen LogP contribution in [0.25, 0.3) is 0 Å². The largest absolute Gasteiger partial charge is 0.385 e. The number of benzene rings is 1. The van der Waals surface area contributed by atoms with E-state index in [1.54, 1.807) is 13.3 Å². The zero-order chi connectivity index (χ0) is 14.2. The summed E-state index contributed by atoms with van der Waals surface area (Å²) in [5.41, 5.74) is 0.874. The number of aliphatic hydroxyl groups is 1. The highest BCUT2D eigenvalue weighted by molar-refractivity contribution is 5.22. The van der Waals surface area contributed by atoms with Crippen molar-refractivity contribution < 1.29 is 9.84 Å². The average Bonchev–Trinajstić information content (AvgIpc) is 2.95. The monoisotopic (exact) mass is 274 g/mol. The van der Waals surface area contributed by atoms with Gasteiger partial charge in [-0.2, -0.15) is 0 Å². The fraction of sp³-hybridized carbons (Fsp3) is 0.438. The number of methoxy groups -OCH3 is 1. The van der Waals surface area contributed by atoms with Crippen LogP contribution in [0.3, 0.4) is 0 Å². The molecule has 4 nitrogen and oxygen atoms in total. The van der Waals surface area contributed by atoms with E-state index in [0.29, 0.717) is 5.82 Å². The van der Waals surface area contributed by atoms with Crippen molar-refractivity contribution in [3.63, 3.8) is 0 Å². The van der Waals surface area contributed by atoms with Gasteiger partial charge in [0.2, 0.25) is 0 Å². The average molecular weight is 274 g/mol. The van der Waals surface area contributed by atoms with E-state index in [0.717, 1.165) is 38.0 Å². The van der Waals surface area contributed by atoms with Crippen molar-refractivity contribution in [2.75, 3.05) is 13.7 Å². The van der Waals surface area contributed by atoms with E-state index in [-0.39, 0.29) is 0 Å². The zero-order valence-corrected chi connectivity index (χ0v) is 11.9. The van der Waals surface area contributed by atoms with Crippen LogP contribution < -0.4 is 0 Å². The van der Waals surface area contributed by atoms with E-state index in [9.17, 15) is 5.11 Å². The second-order valence-corrected chi connectivity index (χ2v) is 4.85. The van der Waals surface area contributed by atoms with Gasteiger partial charge in [-0.1, -0.05) is 30.3 Å². The Balaban J connectivity index is 1.94. The standard InChI is InChI=1S/C16H22N2O2/c1-20-13-7-3-6-11-18-12-10-17-16(18)15(19)14-8-4-2-5-9-14/h2,4-5,8-10,12,15,19H,3,6-7,11,13H2,1H3. The van der Waals surface area contributed by atoms with Crippen LogP contribution in [0.15, 0.2) is 42.7 Å². The first-order valence-corrected chi connectivity index (χ1v) is 7.06. The van der Waals surface area contributed by atoms with Gasteiger partial charge < -0.3 is 14.4 Å². The van der Waals surface area contributed by atoms with Gasteiger partial charge in [0.05, 0.1) is 0 Å². The van der Waals surface area contributed by atoms with Gasteiger partial charge in [-0.25, -0.2) is 4.98 Å². The van der Waals surface area contributed by atoms with E-state index in [4.69, 9.17) is 4.74 Å². The Hall–Kier alpha value is -1.65. The van der Waals surface area contributed by atoms with Crippen molar-refractivity contribution in [2.24, 2.45) is 0 Å². The molecule has 0 aliphatic heterocycles. The first kappa shape index (κ1) is 14.8. The zero-order valence-electron chi connectivity index (χ0n) is 11.9. The molecular weight excluding hydrogens is 252 g/mol. The smallest absolute Gasteiger partial charge is 0.142 e. The second kappa shape index (κ2) is 7.82. The number of rotatable bonds is 8. The first-order valence-electron chi connectivity index (χ1n) is 7.06. The molecule has 0 spiro atoms. The maximum absolute atomic E-state index is 10.4. The third kappa shape index (κ3) is 3.92. The number of ether oxygens (including phenoxy) is 1. The molecule has 20 heavy (non-hydrogen) atoms. The summed E-state index contributed by atoms with van der Waals surface area (Å²) in [7, 11) is 1.73. The SMILES string of the molecule is COCCCCCn1ccnc1C(O)c1ccccc1. The van der Waals surface area contributed by atoms with Crippen molar-refractivity contribution in [1.29, 1.82) is 0 Å². The Morgan fingerprint density at radius 1 is 1.20 bits per heavy atom. The molecular formula is C16H22N2O2. The number of aryl methyl sites for hydroxylation is 1. The van der Waals surface area contributed by atoms with Crippen LogP contribution in [-0.4, -0.2) is 28.4 Å². The van der Waals surface area contributed by atoms with Crippen LogP contribution in [0.4, 0.5) is 0 Å². The minimum atomic E-state index is -0.662. The summed E-state index contributed by atoms with van der Waals surface area (Å²) in [5, 5.41) is 10.4. The van der Waals surface area contributed by atoms with Gasteiger partial charge in [0, 0.05) is 32.7 Å². The lowest BCUT2D eigenvalue weighted by molar-refractivity contribution is 0.190. The molecule has 1 heterocycles. The summed E-state index contributed by atoms with van der Waals surface area (Å²) >= 11 is 0. The van der Waals surface area contributed by atoms with E-state index < -0.39 is 6.10 Å². The highest BCUT2D eigenvalue weighted by atomic mass is 16.5. The summed E-state index contributed by atoms with van der Waals surface area (Å²) in [4.78, 5) is 4.30. The number of aliphatic hydroxyl groups excluding tert-OH is 1. The maximum atomic E-state index is 10.4. The number of aromatic nitrogens is 2. The molecule has 2 rings (SSSR count). The molecule has 1 unspecified atom stereocenters. The molecule has 0 saturated carbocycles. The molecule has 4 heteroatoms. The molecule has 0 bridgehead atoms. The fourth-order valence-corrected chi connectivity index (χ4v) is 2.25. The highest BCUT2D eigenvalue weighted by Gasteiger charge is 2.15. The Morgan fingerprint density at radius 3 is 2.75 bits per heavy atom. The van der Waals surface area contributed by atoms with Crippen molar-refractivity contribution in [2.45, 2.75) is 31.9 Å². The van der Waals surface area contributed by atoms with E-state index in [1.807, 2.05) is 41.1 Å². The molecule has 2 aromatic rings. The number of imidazole rings is 1. The van der Waals surface area contributed by atoms with E-state index >= 15 is 0 Å². The second-order valence-electron chi connectivity index (χ2n) is 4.85. The van der Waals surface area contributed by atoms with Crippen molar-refractivity contribution in [3.05, 3.63) is 54.1 Å². The van der Waals surface area contributed by atoms with Crippen molar-refractivity contribution >= 4 is 0 Å². The fourth-order valence-electron chi connectivity index (χ4n) is 2.25. The Labute approximate surface area is 120 Å². The molecule has 0 aliphatic carbocycles.